The van der Waals surface area contributed by atoms with Crippen LogP contribution in [0.25, 0.3) is 0 Å². The molecule has 3 rings (SSSR count). The summed E-state index contributed by atoms with van der Waals surface area (Å²) in [6, 6.07) is 0. The van der Waals surface area contributed by atoms with E-state index < -0.39 is 0 Å². The van der Waals surface area contributed by atoms with Crippen LogP contribution in [0.15, 0.2) is 0 Å². The fourth-order valence-electron chi connectivity index (χ4n) is 4.06. The SMILES string of the molecule is CCC(=O)N1CCC(CN2C[C@H]3CNC[C@H]3C2)CC1. The highest BCUT2D eigenvalue weighted by Crippen LogP contribution is 2.28. The standard InChI is InChI=1S/C15H27N3O/c1-2-15(19)18-5-3-12(4-6-18)9-17-10-13-7-16-8-14(13)11-17/h12-14,16H,2-11H2,1H3/t13-,14+. The van der Waals surface area contributed by atoms with Crippen LogP contribution in [-0.2, 0) is 4.79 Å². The van der Waals surface area contributed by atoms with Gasteiger partial charge in [0.25, 0.3) is 0 Å². The van der Waals surface area contributed by atoms with Crippen molar-refractivity contribution in [3.8, 4) is 0 Å². The van der Waals surface area contributed by atoms with Crippen molar-refractivity contribution < 1.29 is 4.79 Å². The molecule has 4 nitrogen and oxygen atoms in total. The third-order valence-corrected chi connectivity index (χ3v) is 5.25. The highest BCUT2D eigenvalue weighted by Gasteiger charge is 2.36. The molecule has 0 radical (unpaired) electrons. The molecule has 0 aliphatic carbocycles. The highest BCUT2D eigenvalue weighted by atomic mass is 16.2. The van der Waals surface area contributed by atoms with Crippen LogP contribution in [0, 0.1) is 17.8 Å². The molecule has 2 atom stereocenters. The number of carbonyl (C=O) groups excluding carboxylic acids is 1. The number of rotatable bonds is 3. The molecule has 0 bridgehead atoms. The second kappa shape index (κ2) is 5.80. The molecule has 1 amide bonds. The van der Waals surface area contributed by atoms with Crippen molar-refractivity contribution in [1.82, 2.24) is 15.1 Å². The summed E-state index contributed by atoms with van der Waals surface area (Å²) < 4.78 is 0. The van der Waals surface area contributed by atoms with Crippen LogP contribution in [0.4, 0.5) is 0 Å². The van der Waals surface area contributed by atoms with E-state index in [9.17, 15) is 4.79 Å². The zero-order valence-electron chi connectivity index (χ0n) is 12.1. The van der Waals surface area contributed by atoms with E-state index in [0.29, 0.717) is 12.3 Å². The molecule has 0 aromatic heterocycles. The molecule has 0 spiro atoms. The first kappa shape index (κ1) is 13.4. The van der Waals surface area contributed by atoms with Gasteiger partial charge >= 0.3 is 0 Å². The summed E-state index contributed by atoms with van der Waals surface area (Å²) in [5.41, 5.74) is 0. The molecule has 3 heterocycles. The summed E-state index contributed by atoms with van der Waals surface area (Å²) in [6.07, 6.45) is 3.07. The lowest BCUT2D eigenvalue weighted by atomic mass is 9.96. The highest BCUT2D eigenvalue weighted by molar-refractivity contribution is 5.75. The van der Waals surface area contributed by atoms with Crippen molar-refractivity contribution in [2.75, 3.05) is 45.8 Å². The Kier molecular flexibility index (Phi) is 4.08. The average Bonchev–Trinajstić information content (AvgIpc) is 2.99. The normalized spacial score (nSPS) is 32.8. The van der Waals surface area contributed by atoms with Gasteiger partial charge in [-0.1, -0.05) is 6.92 Å². The monoisotopic (exact) mass is 265 g/mol. The Morgan fingerprint density at radius 1 is 1.16 bits per heavy atom. The number of nitrogens with zero attached hydrogens (tertiary/aromatic N) is 2. The largest absolute Gasteiger partial charge is 0.343 e. The van der Waals surface area contributed by atoms with Crippen LogP contribution >= 0.6 is 0 Å². The molecule has 3 saturated heterocycles. The molecule has 3 fully saturated rings. The Hall–Kier alpha value is -0.610. The lowest BCUT2D eigenvalue weighted by Gasteiger charge is -2.34. The third-order valence-electron chi connectivity index (χ3n) is 5.25. The van der Waals surface area contributed by atoms with Gasteiger partial charge in [-0.25, -0.2) is 0 Å². The first-order valence-electron chi connectivity index (χ1n) is 7.97. The van der Waals surface area contributed by atoms with Gasteiger partial charge in [0.15, 0.2) is 0 Å². The molecule has 0 aromatic rings. The Balaban J connectivity index is 1.42. The molecule has 0 saturated carbocycles. The number of piperidine rings is 1. The van der Waals surface area contributed by atoms with Crippen LogP contribution in [0.2, 0.25) is 0 Å². The number of carbonyl (C=O) groups is 1. The molecular formula is C15H27N3O. The molecule has 0 aromatic carbocycles. The van der Waals surface area contributed by atoms with Gasteiger partial charge in [-0.3, -0.25) is 4.79 Å². The Bertz CT molecular complexity index is 313. The molecule has 19 heavy (non-hydrogen) atoms. The number of fused-ring (bicyclic) bond motifs is 1. The zero-order valence-corrected chi connectivity index (χ0v) is 12.1. The lowest BCUT2D eigenvalue weighted by Crippen LogP contribution is -2.41. The van der Waals surface area contributed by atoms with Gasteiger partial charge in [-0.15, -0.1) is 0 Å². The van der Waals surface area contributed by atoms with E-state index in [-0.39, 0.29) is 0 Å². The Morgan fingerprint density at radius 3 is 2.37 bits per heavy atom. The lowest BCUT2D eigenvalue weighted by molar-refractivity contribution is -0.132. The maximum absolute atomic E-state index is 11.7. The molecule has 108 valence electrons. The minimum atomic E-state index is 0.334. The van der Waals surface area contributed by atoms with Crippen LogP contribution in [0.3, 0.4) is 0 Å². The van der Waals surface area contributed by atoms with Crippen molar-refractivity contribution in [2.45, 2.75) is 26.2 Å². The van der Waals surface area contributed by atoms with Gasteiger partial charge in [0, 0.05) is 39.1 Å². The van der Waals surface area contributed by atoms with E-state index in [1.54, 1.807) is 0 Å². The quantitative estimate of drug-likeness (QED) is 0.819. The molecule has 0 unspecified atom stereocenters. The molecule has 4 heteroatoms. The van der Waals surface area contributed by atoms with Crippen molar-refractivity contribution in [2.24, 2.45) is 17.8 Å². The van der Waals surface area contributed by atoms with Gasteiger partial charge in [-0.05, 0) is 43.7 Å². The fraction of sp³-hybridized carbons (Fsp3) is 0.933. The van der Waals surface area contributed by atoms with Crippen LogP contribution in [0.1, 0.15) is 26.2 Å². The first-order chi connectivity index (χ1) is 9.26. The number of nitrogens with one attached hydrogen (secondary N) is 1. The molecule has 3 aliphatic rings. The van der Waals surface area contributed by atoms with E-state index in [1.165, 1.54) is 45.6 Å². The van der Waals surface area contributed by atoms with Crippen molar-refractivity contribution in [3.05, 3.63) is 0 Å². The second-order valence-corrected chi connectivity index (χ2v) is 6.57. The Morgan fingerprint density at radius 2 is 1.79 bits per heavy atom. The van der Waals surface area contributed by atoms with Crippen LogP contribution in [-0.4, -0.2) is 61.5 Å². The average molecular weight is 265 g/mol. The zero-order chi connectivity index (χ0) is 13.2. The summed E-state index contributed by atoms with van der Waals surface area (Å²) in [5.74, 6) is 2.96. The molecule has 3 aliphatic heterocycles. The minimum absolute atomic E-state index is 0.334. The number of amides is 1. The van der Waals surface area contributed by atoms with Crippen LogP contribution in [0.5, 0.6) is 0 Å². The van der Waals surface area contributed by atoms with E-state index in [4.69, 9.17) is 0 Å². The summed E-state index contributed by atoms with van der Waals surface area (Å²) in [7, 11) is 0. The third kappa shape index (κ3) is 2.95. The van der Waals surface area contributed by atoms with Gasteiger partial charge in [0.1, 0.15) is 0 Å². The number of hydrogen-bond donors (Lipinski definition) is 1. The van der Waals surface area contributed by atoms with Crippen molar-refractivity contribution >= 4 is 5.91 Å². The van der Waals surface area contributed by atoms with Gasteiger partial charge in [0.2, 0.25) is 5.91 Å². The van der Waals surface area contributed by atoms with Gasteiger partial charge in [-0.2, -0.15) is 0 Å². The summed E-state index contributed by atoms with van der Waals surface area (Å²) in [6.45, 7) is 10.2. The maximum Gasteiger partial charge on any atom is 0.222 e. The van der Waals surface area contributed by atoms with Gasteiger partial charge in [0.05, 0.1) is 0 Å². The van der Waals surface area contributed by atoms with E-state index in [2.05, 4.69) is 15.1 Å². The van der Waals surface area contributed by atoms with E-state index in [0.717, 1.165) is 30.8 Å². The van der Waals surface area contributed by atoms with Gasteiger partial charge < -0.3 is 15.1 Å². The van der Waals surface area contributed by atoms with E-state index >= 15 is 0 Å². The summed E-state index contributed by atoms with van der Waals surface area (Å²) >= 11 is 0. The minimum Gasteiger partial charge on any atom is -0.343 e. The van der Waals surface area contributed by atoms with Crippen LogP contribution < -0.4 is 5.32 Å². The smallest absolute Gasteiger partial charge is 0.222 e. The predicted octanol–water partition coefficient (Wildman–Crippen LogP) is 0.786. The first-order valence-corrected chi connectivity index (χ1v) is 7.97. The van der Waals surface area contributed by atoms with Crippen molar-refractivity contribution in [3.63, 3.8) is 0 Å². The van der Waals surface area contributed by atoms with Crippen molar-refractivity contribution in [1.29, 1.82) is 0 Å². The Labute approximate surface area is 116 Å². The summed E-state index contributed by atoms with van der Waals surface area (Å²) in [4.78, 5) is 16.4. The molecule has 1 N–H and O–H groups in total. The number of likely N-dealkylation sites (tertiary alicyclic amines) is 2. The fourth-order valence-corrected chi connectivity index (χ4v) is 4.06. The molecular weight excluding hydrogens is 238 g/mol. The predicted molar refractivity (Wildman–Crippen MR) is 75.9 cm³/mol. The number of hydrogen-bond acceptors (Lipinski definition) is 3. The summed E-state index contributed by atoms with van der Waals surface area (Å²) in [5, 5.41) is 3.50. The second-order valence-electron chi connectivity index (χ2n) is 6.57. The van der Waals surface area contributed by atoms with E-state index in [1.807, 2.05) is 6.92 Å². The maximum atomic E-state index is 11.7. The topological polar surface area (TPSA) is 35.6 Å².